The van der Waals surface area contributed by atoms with E-state index in [0.717, 1.165) is 48.8 Å². The number of nitrogens with zero attached hydrogens (tertiary/aromatic N) is 3. The summed E-state index contributed by atoms with van der Waals surface area (Å²) >= 11 is 0. The SMILES string of the molecule is CC(C)c1nn(-c2cccc(OC(F)(F)F)c2)cc1-c1ccc(N2CCOCC2)cc1. The topological polar surface area (TPSA) is 39.5 Å². The van der Waals surface area contributed by atoms with E-state index in [2.05, 4.69) is 39.0 Å². The van der Waals surface area contributed by atoms with Crippen molar-refractivity contribution in [3.05, 3.63) is 60.4 Å². The molecule has 1 aromatic heterocycles. The molecule has 0 atom stereocenters. The summed E-state index contributed by atoms with van der Waals surface area (Å²) in [6.45, 7) is 7.27. The van der Waals surface area contributed by atoms with E-state index in [9.17, 15) is 13.2 Å². The van der Waals surface area contributed by atoms with Gasteiger partial charge >= 0.3 is 6.36 Å². The van der Waals surface area contributed by atoms with E-state index in [1.54, 1.807) is 10.7 Å². The predicted molar refractivity (Wildman–Crippen MR) is 113 cm³/mol. The Labute approximate surface area is 179 Å². The van der Waals surface area contributed by atoms with E-state index in [-0.39, 0.29) is 11.7 Å². The van der Waals surface area contributed by atoms with E-state index in [1.807, 2.05) is 20.0 Å². The molecule has 2 aromatic carbocycles. The van der Waals surface area contributed by atoms with E-state index in [0.29, 0.717) is 5.69 Å². The lowest BCUT2D eigenvalue weighted by Crippen LogP contribution is -2.36. The first kappa shape index (κ1) is 21.2. The molecule has 1 aliphatic heterocycles. The van der Waals surface area contributed by atoms with Gasteiger partial charge in [0.25, 0.3) is 0 Å². The van der Waals surface area contributed by atoms with Crippen molar-refractivity contribution >= 4 is 5.69 Å². The average Bonchev–Trinajstić information content (AvgIpc) is 3.19. The number of ether oxygens (including phenoxy) is 2. The Kier molecular flexibility index (Phi) is 5.91. The van der Waals surface area contributed by atoms with Crippen LogP contribution in [-0.4, -0.2) is 42.4 Å². The quantitative estimate of drug-likeness (QED) is 0.543. The highest BCUT2D eigenvalue weighted by atomic mass is 19.4. The second kappa shape index (κ2) is 8.63. The summed E-state index contributed by atoms with van der Waals surface area (Å²) in [5, 5.41) is 4.66. The summed E-state index contributed by atoms with van der Waals surface area (Å²) in [4.78, 5) is 2.28. The van der Waals surface area contributed by atoms with Crippen molar-refractivity contribution in [2.24, 2.45) is 0 Å². The van der Waals surface area contributed by atoms with Gasteiger partial charge in [0.1, 0.15) is 5.75 Å². The third-order valence-corrected chi connectivity index (χ3v) is 5.16. The lowest BCUT2D eigenvalue weighted by atomic mass is 10.00. The number of aromatic nitrogens is 2. The number of rotatable bonds is 5. The van der Waals surface area contributed by atoms with E-state index < -0.39 is 6.36 Å². The predicted octanol–water partition coefficient (Wildman–Crippen LogP) is 5.40. The molecule has 2 heterocycles. The maximum atomic E-state index is 12.6. The molecule has 31 heavy (non-hydrogen) atoms. The van der Waals surface area contributed by atoms with Crippen molar-refractivity contribution in [3.63, 3.8) is 0 Å². The summed E-state index contributed by atoms with van der Waals surface area (Å²) in [5.41, 5.74) is 4.48. The van der Waals surface area contributed by atoms with Gasteiger partial charge in [0.05, 0.1) is 24.6 Å². The first-order valence-electron chi connectivity index (χ1n) is 10.2. The van der Waals surface area contributed by atoms with Crippen LogP contribution >= 0.6 is 0 Å². The number of halogens is 3. The maximum absolute atomic E-state index is 12.6. The highest BCUT2D eigenvalue weighted by molar-refractivity contribution is 5.69. The monoisotopic (exact) mass is 431 g/mol. The molecule has 0 amide bonds. The van der Waals surface area contributed by atoms with Crippen LogP contribution in [-0.2, 0) is 4.74 Å². The number of hydrogen-bond acceptors (Lipinski definition) is 4. The van der Waals surface area contributed by atoms with Gasteiger partial charge in [-0.3, -0.25) is 0 Å². The van der Waals surface area contributed by atoms with Crippen LogP contribution in [0.3, 0.4) is 0 Å². The van der Waals surface area contributed by atoms with Gasteiger partial charge in [-0.25, -0.2) is 4.68 Å². The Bertz CT molecular complexity index is 1020. The van der Waals surface area contributed by atoms with Crippen LogP contribution in [0, 0.1) is 0 Å². The van der Waals surface area contributed by atoms with Crippen molar-refractivity contribution in [2.75, 3.05) is 31.2 Å². The molecule has 0 saturated carbocycles. The Morgan fingerprint density at radius 3 is 2.35 bits per heavy atom. The Morgan fingerprint density at radius 2 is 1.71 bits per heavy atom. The van der Waals surface area contributed by atoms with Gasteiger partial charge in [0.2, 0.25) is 0 Å². The van der Waals surface area contributed by atoms with Gasteiger partial charge in [-0.1, -0.05) is 32.0 Å². The minimum Gasteiger partial charge on any atom is -0.406 e. The van der Waals surface area contributed by atoms with Crippen molar-refractivity contribution in [3.8, 4) is 22.6 Å². The summed E-state index contributed by atoms with van der Waals surface area (Å²) in [6, 6.07) is 14.1. The van der Waals surface area contributed by atoms with E-state index in [4.69, 9.17) is 4.74 Å². The molecule has 1 saturated heterocycles. The zero-order valence-electron chi connectivity index (χ0n) is 17.4. The average molecular weight is 431 g/mol. The Balaban J connectivity index is 1.64. The third kappa shape index (κ3) is 5.02. The van der Waals surface area contributed by atoms with Crippen molar-refractivity contribution in [2.45, 2.75) is 26.1 Å². The summed E-state index contributed by atoms with van der Waals surface area (Å²) in [5.74, 6) is -0.132. The highest BCUT2D eigenvalue weighted by Crippen LogP contribution is 2.32. The minimum atomic E-state index is -4.74. The fraction of sp³-hybridized carbons (Fsp3) is 0.348. The molecule has 5 nitrogen and oxygen atoms in total. The largest absolute Gasteiger partial charge is 0.573 e. The second-order valence-corrected chi connectivity index (χ2v) is 7.72. The van der Waals surface area contributed by atoms with Crippen molar-refractivity contribution in [1.82, 2.24) is 9.78 Å². The smallest absolute Gasteiger partial charge is 0.406 e. The lowest BCUT2D eigenvalue weighted by Gasteiger charge is -2.28. The van der Waals surface area contributed by atoms with Crippen molar-refractivity contribution < 1.29 is 22.6 Å². The lowest BCUT2D eigenvalue weighted by molar-refractivity contribution is -0.274. The van der Waals surface area contributed by atoms with Gasteiger partial charge in [-0.05, 0) is 35.7 Å². The zero-order chi connectivity index (χ0) is 22.0. The number of alkyl halides is 3. The second-order valence-electron chi connectivity index (χ2n) is 7.72. The fourth-order valence-corrected chi connectivity index (χ4v) is 3.66. The van der Waals surface area contributed by atoms with Crippen LogP contribution in [0.5, 0.6) is 5.75 Å². The summed E-state index contributed by atoms with van der Waals surface area (Å²) < 4.78 is 48.8. The Hall–Kier alpha value is -3.00. The van der Waals surface area contributed by atoms with Gasteiger partial charge in [-0.2, -0.15) is 5.10 Å². The van der Waals surface area contributed by atoms with Gasteiger partial charge in [0, 0.05) is 36.6 Å². The number of benzene rings is 2. The number of hydrogen-bond donors (Lipinski definition) is 0. The standard InChI is InChI=1S/C23H24F3N3O2/c1-16(2)22-21(17-6-8-18(9-7-17)28-10-12-30-13-11-28)15-29(27-22)19-4-3-5-20(14-19)31-23(24,25)26/h3-9,14-16H,10-13H2,1-2H3. The van der Waals surface area contributed by atoms with Crippen LogP contribution < -0.4 is 9.64 Å². The molecule has 3 aromatic rings. The molecule has 0 radical (unpaired) electrons. The molecule has 0 N–H and O–H groups in total. The summed E-state index contributed by atoms with van der Waals surface area (Å²) in [7, 11) is 0. The van der Waals surface area contributed by atoms with Crippen LogP contribution in [0.4, 0.5) is 18.9 Å². The van der Waals surface area contributed by atoms with Gasteiger partial charge in [0.15, 0.2) is 0 Å². The summed E-state index contributed by atoms with van der Waals surface area (Å²) in [6.07, 6.45) is -2.88. The van der Waals surface area contributed by atoms with Crippen LogP contribution in [0.25, 0.3) is 16.8 Å². The van der Waals surface area contributed by atoms with Crippen LogP contribution in [0.2, 0.25) is 0 Å². The molecule has 1 aliphatic rings. The normalized spacial score (nSPS) is 14.8. The fourth-order valence-electron chi connectivity index (χ4n) is 3.66. The highest BCUT2D eigenvalue weighted by Gasteiger charge is 2.31. The minimum absolute atomic E-state index is 0.143. The van der Waals surface area contributed by atoms with Gasteiger partial charge in [-0.15, -0.1) is 13.2 Å². The molecule has 164 valence electrons. The molecule has 1 fully saturated rings. The molecular weight excluding hydrogens is 407 g/mol. The first-order valence-corrected chi connectivity index (χ1v) is 10.2. The molecule has 0 aliphatic carbocycles. The van der Waals surface area contributed by atoms with Crippen molar-refractivity contribution in [1.29, 1.82) is 0 Å². The molecule has 0 bridgehead atoms. The van der Waals surface area contributed by atoms with E-state index >= 15 is 0 Å². The maximum Gasteiger partial charge on any atom is 0.573 e. The molecule has 0 spiro atoms. The number of anilines is 1. The molecule has 8 heteroatoms. The van der Waals surface area contributed by atoms with Crippen LogP contribution in [0.1, 0.15) is 25.5 Å². The first-order chi connectivity index (χ1) is 14.8. The molecule has 4 rings (SSSR count). The Morgan fingerprint density at radius 1 is 1.00 bits per heavy atom. The number of morpholine rings is 1. The zero-order valence-corrected chi connectivity index (χ0v) is 17.4. The molecular formula is C23H24F3N3O2. The van der Waals surface area contributed by atoms with E-state index in [1.165, 1.54) is 18.2 Å². The van der Waals surface area contributed by atoms with Crippen LogP contribution in [0.15, 0.2) is 54.7 Å². The molecule has 0 unspecified atom stereocenters. The van der Waals surface area contributed by atoms with Gasteiger partial charge < -0.3 is 14.4 Å². The third-order valence-electron chi connectivity index (χ3n) is 5.16.